The summed E-state index contributed by atoms with van der Waals surface area (Å²) in [6.07, 6.45) is 5.95. The standard InChI is InChI=1S/C10H6BrClN2O2/c11-6-3-8(12)10-13-7(1-2-9(15)16)5-14(10)4-6/h1-5H,(H,15,16)/b2-1+. The van der Waals surface area contributed by atoms with Crippen molar-refractivity contribution in [3.8, 4) is 0 Å². The molecule has 0 saturated carbocycles. The number of hydrogen-bond donors (Lipinski definition) is 1. The van der Waals surface area contributed by atoms with Gasteiger partial charge in [-0.25, -0.2) is 9.78 Å². The zero-order valence-corrected chi connectivity index (χ0v) is 10.2. The van der Waals surface area contributed by atoms with E-state index in [9.17, 15) is 4.79 Å². The zero-order valence-electron chi connectivity index (χ0n) is 7.89. The molecule has 2 aromatic heterocycles. The number of rotatable bonds is 2. The van der Waals surface area contributed by atoms with Crippen LogP contribution in [0.25, 0.3) is 11.7 Å². The first-order valence-corrected chi connectivity index (χ1v) is 5.48. The third-order valence-electron chi connectivity index (χ3n) is 1.89. The van der Waals surface area contributed by atoms with Crippen LogP contribution in [0.4, 0.5) is 0 Å². The highest BCUT2D eigenvalue weighted by Crippen LogP contribution is 2.22. The molecule has 0 aliphatic heterocycles. The number of imidazole rings is 1. The summed E-state index contributed by atoms with van der Waals surface area (Å²) < 4.78 is 2.56. The Hall–Kier alpha value is -1.33. The fourth-order valence-corrected chi connectivity index (χ4v) is 2.12. The topological polar surface area (TPSA) is 54.6 Å². The Bertz CT molecular complexity index is 592. The van der Waals surface area contributed by atoms with Gasteiger partial charge in [0.05, 0.1) is 10.7 Å². The molecule has 0 aliphatic rings. The first-order valence-electron chi connectivity index (χ1n) is 4.31. The summed E-state index contributed by atoms with van der Waals surface area (Å²) in [4.78, 5) is 14.5. The number of aromatic nitrogens is 2. The minimum absolute atomic E-state index is 0.504. The van der Waals surface area contributed by atoms with E-state index in [2.05, 4.69) is 20.9 Å². The zero-order chi connectivity index (χ0) is 11.7. The van der Waals surface area contributed by atoms with Gasteiger partial charge in [0, 0.05) is 22.9 Å². The van der Waals surface area contributed by atoms with Crippen molar-refractivity contribution in [2.45, 2.75) is 0 Å². The van der Waals surface area contributed by atoms with Crippen molar-refractivity contribution in [3.63, 3.8) is 0 Å². The molecule has 2 heterocycles. The molecule has 0 aliphatic carbocycles. The molecule has 0 amide bonds. The molecule has 2 rings (SSSR count). The van der Waals surface area contributed by atoms with E-state index in [1.54, 1.807) is 22.9 Å². The Balaban J connectivity index is 2.52. The van der Waals surface area contributed by atoms with Crippen molar-refractivity contribution in [3.05, 3.63) is 39.7 Å². The number of fused-ring (bicyclic) bond motifs is 1. The highest BCUT2D eigenvalue weighted by Gasteiger charge is 2.04. The number of halogens is 2. The molecular formula is C10H6BrClN2O2. The van der Waals surface area contributed by atoms with Gasteiger partial charge >= 0.3 is 5.97 Å². The number of aliphatic carboxylic acids is 1. The molecule has 6 heteroatoms. The molecule has 1 N–H and O–H groups in total. The molecule has 4 nitrogen and oxygen atoms in total. The molecule has 0 bridgehead atoms. The van der Waals surface area contributed by atoms with Gasteiger partial charge in [-0.15, -0.1) is 0 Å². The smallest absolute Gasteiger partial charge is 0.328 e. The summed E-state index contributed by atoms with van der Waals surface area (Å²) in [5, 5.41) is 9.00. The van der Waals surface area contributed by atoms with Crippen LogP contribution in [0.2, 0.25) is 5.02 Å². The number of nitrogens with zero attached hydrogens (tertiary/aromatic N) is 2. The van der Waals surface area contributed by atoms with E-state index >= 15 is 0 Å². The number of carbonyl (C=O) groups is 1. The first kappa shape index (κ1) is 11.2. The van der Waals surface area contributed by atoms with E-state index in [0.717, 1.165) is 10.5 Å². The van der Waals surface area contributed by atoms with Gasteiger partial charge in [0.25, 0.3) is 0 Å². The van der Waals surface area contributed by atoms with Crippen LogP contribution in [0.15, 0.2) is 29.0 Å². The van der Waals surface area contributed by atoms with Crippen LogP contribution < -0.4 is 0 Å². The Morgan fingerprint density at radius 3 is 3.00 bits per heavy atom. The van der Waals surface area contributed by atoms with E-state index < -0.39 is 5.97 Å². The summed E-state index contributed by atoms with van der Waals surface area (Å²) in [6, 6.07) is 1.73. The van der Waals surface area contributed by atoms with Crippen LogP contribution in [-0.2, 0) is 4.79 Å². The van der Waals surface area contributed by atoms with Gasteiger partial charge in [-0.05, 0) is 28.1 Å². The molecule has 0 aromatic carbocycles. The average molecular weight is 302 g/mol. The quantitative estimate of drug-likeness (QED) is 0.868. The van der Waals surface area contributed by atoms with E-state index in [0.29, 0.717) is 16.4 Å². The minimum atomic E-state index is -1.01. The predicted octanol–water partition coefficient (Wildman–Crippen LogP) is 2.85. The van der Waals surface area contributed by atoms with Crippen molar-refractivity contribution in [1.82, 2.24) is 9.38 Å². The fraction of sp³-hybridized carbons (Fsp3) is 0. The van der Waals surface area contributed by atoms with Crippen LogP contribution in [0.5, 0.6) is 0 Å². The van der Waals surface area contributed by atoms with E-state index in [1.807, 2.05) is 0 Å². The molecule has 0 unspecified atom stereocenters. The largest absolute Gasteiger partial charge is 0.478 e. The lowest BCUT2D eigenvalue weighted by molar-refractivity contribution is -0.131. The van der Waals surface area contributed by atoms with E-state index in [-0.39, 0.29) is 0 Å². The van der Waals surface area contributed by atoms with Crippen LogP contribution in [-0.4, -0.2) is 20.5 Å². The lowest BCUT2D eigenvalue weighted by atomic mass is 10.4. The van der Waals surface area contributed by atoms with Crippen molar-refractivity contribution < 1.29 is 9.90 Å². The number of pyridine rings is 1. The number of carboxylic acids is 1. The summed E-state index contributed by atoms with van der Waals surface area (Å²) in [5.74, 6) is -1.01. The van der Waals surface area contributed by atoms with Gasteiger partial charge in [0.1, 0.15) is 0 Å². The van der Waals surface area contributed by atoms with Gasteiger partial charge < -0.3 is 9.51 Å². The average Bonchev–Trinajstić information content (AvgIpc) is 2.57. The highest BCUT2D eigenvalue weighted by molar-refractivity contribution is 9.10. The summed E-state index contributed by atoms with van der Waals surface area (Å²) in [5.41, 5.74) is 1.14. The summed E-state index contributed by atoms with van der Waals surface area (Å²) in [6.45, 7) is 0. The van der Waals surface area contributed by atoms with Crippen LogP contribution in [0.3, 0.4) is 0 Å². The van der Waals surface area contributed by atoms with E-state index in [1.165, 1.54) is 6.08 Å². The number of hydrogen-bond acceptors (Lipinski definition) is 2. The minimum Gasteiger partial charge on any atom is -0.478 e. The molecule has 16 heavy (non-hydrogen) atoms. The van der Waals surface area contributed by atoms with Crippen molar-refractivity contribution in [2.24, 2.45) is 0 Å². The summed E-state index contributed by atoms with van der Waals surface area (Å²) in [7, 11) is 0. The Kier molecular flexibility index (Phi) is 2.98. The maximum atomic E-state index is 10.4. The maximum Gasteiger partial charge on any atom is 0.328 e. The van der Waals surface area contributed by atoms with Gasteiger partial charge in [-0.1, -0.05) is 11.6 Å². The van der Waals surface area contributed by atoms with Gasteiger partial charge in [0.15, 0.2) is 5.65 Å². The van der Waals surface area contributed by atoms with Crippen LogP contribution in [0.1, 0.15) is 5.69 Å². The van der Waals surface area contributed by atoms with Crippen LogP contribution in [0, 0.1) is 0 Å². The molecule has 0 fully saturated rings. The molecular weight excluding hydrogens is 295 g/mol. The molecule has 0 spiro atoms. The number of carboxylic acid groups (broad SMARTS) is 1. The molecule has 0 saturated heterocycles. The van der Waals surface area contributed by atoms with Gasteiger partial charge in [-0.3, -0.25) is 0 Å². The van der Waals surface area contributed by atoms with Gasteiger partial charge in [0.2, 0.25) is 0 Å². The maximum absolute atomic E-state index is 10.4. The van der Waals surface area contributed by atoms with Crippen molar-refractivity contribution in [2.75, 3.05) is 0 Å². The fourth-order valence-electron chi connectivity index (χ4n) is 1.28. The molecule has 2 aromatic rings. The summed E-state index contributed by atoms with van der Waals surface area (Å²) >= 11 is 9.29. The Morgan fingerprint density at radius 2 is 2.31 bits per heavy atom. The third-order valence-corrected chi connectivity index (χ3v) is 2.60. The van der Waals surface area contributed by atoms with Crippen LogP contribution >= 0.6 is 27.5 Å². The second kappa shape index (κ2) is 4.27. The second-order valence-corrected chi connectivity index (χ2v) is 4.40. The lowest BCUT2D eigenvalue weighted by Gasteiger charge is -1.96. The Morgan fingerprint density at radius 1 is 1.56 bits per heavy atom. The Labute approximate surface area is 104 Å². The molecule has 0 radical (unpaired) electrons. The van der Waals surface area contributed by atoms with Crippen molar-refractivity contribution >= 4 is 45.2 Å². The molecule has 0 atom stereocenters. The SMILES string of the molecule is O=C(O)/C=C/c1cn2cc(Br)cc(Cl)c2n1. The predicted molar refractivity (Wildman–Crippen MR) is 64.6 cm³/mol. The normalized spacial score (nSPS) is 11.4. The molecule has 82 valence electrons. The first-order chi connectivity index (χ1) is 7.56. The second-order valence-electron chi connectivity index (χ2n) is 3.07. The van der Waals surface area contributed by atoms with E-state index in [4.69, 9.17) is 16.7 Å². The lowest BCUT2D eigenvalue weighted by Crippen LogP contribution is -1.85. The van der Waals surface area contributed by atoms with Gasteiger partial charge in [-0.2, -0.15) is 0 Å². The van der Waals surface area contributed by atoms with Crippen molar-refractivity contribution in [1.29, 1.82) is 0 Å². The third kappa shape index (κ3) is 2.25. The highest BCUT2D eigenvalue weighted by atomic mass is 79.9. The monoisotopic (exact) mass is 300 g/mol.